The van der Waals surface area contributed by atoms with Gasteiger partial charge in [-0.1, -0.05) is 0 Å². The molecule has 0 fully saturated rings. The van der Waals surface area contributed by atoms with Gasteiger partial charge in [-0.15, -0.1) is 0 Å². The van der Waals surface area contributed by atoms with Gasteiger partial charge < -0.3 is 13.6 Å². The van der Waals surface area contributed by atoms with E-state index >= 15 is 0 Å². The average Bonchev–Trinajstić information content (AvgIpc) is 2.87. The monoisotopic (exact) mass is 221 g/mol. The van der Waals surface area contributed by atoms with Gasteiger partial charge in [0.1, 0.15) is 0 Å². The van der Waals surface area contributed by atoms with Crippen LogP contribution in [0.15, 0.2) is 27.4 Å². The predicted octanol–water partition coefficient (Wildman–Crippen LogP) is 2.79. The van der Waals surface area contributed by atoms with Crippen molar-refractivity contribution in [3.63, 3.8) is 0 Å². The summed E-state index contributed by atoms with van der Waals surface area (Å²) in [6.45, 7) is 5.66. The Morgan fingerprint density at radius 1 is 1.38 bits per heavy atom. The van der Waals surface area contributed by atoms with Gasteiger partial charge in [0, 0.05) is 19.6 Å². The zero-order valence-corrected chi connectivity index (χ0v) is 9.90. The number of rotatable bonds is 3. The Morgan fingerprint density at radius 2 is 2.12 bits per heavy atom. The van der Waals surface area contributed by atoms with Gasteiger partial charge in [-0.3, -0.25) is 0 Å². The molecule has 86 valence electrons. The van der Waals surface area contributed by atoms with Crippen LogP contribution >= 0.6 is 0 Å². The van der Waals surface area contributed by atoms with E-state index in [9.17, 15) is 0 Å². The molecule has 0 aromatic carbocycles. The second-order valence-electron chi connectivity index (χ2n) is 3.90. The summed E-state index contributed by atoms with van der Waals surface area (Å²) in [6, 6.07) is 1.86. The van der Waals surface area contributed by atoms with Gasteiger partial charge in [0.15, 0.2) is 17.3 Å². The first kappa shape index (κ1) is 11.0. The number of hydrogen-bond donors (Lipinski definition) is 0. The summed E-state index contributed by atoms with van der Waals surface area (Å²) in [7, 11) is 1.64. The summed E-state index contributed by atoms with van der Waals surface area (Å²) in [5.74, 6) is 1.35. The van der Waals surface area contributed by atoms with Crippen LogP contribution in [-0.4, -0.2) is 12.1 Å². The van der Waals surface area contributed by atoms with Crippen molar-refractivity contribution >= 4 is 0 Å². The maximum Gasteiger partial charge on any atom is 0.191 e. The number of aryl methyl sites for hydroxylation is 2. The first-order chi connectivity index (χ1) is 7.58. The standard InChI is InChI=1S/C12H15NO3/c1-8-11(16-9(2)13-8)12(3,14-4)10-5-6-15-7-10/h5-7H,1-4H3. The zero-order chi connectivity index (χ0) is 11.8. The maximum absolute atomic E-state index is 5.62. The number of furan rings is 1. The molecule has 0 aliphatic rings. The van der Waals surface area contributed by atoms with Crippen molar-refractivity contribution in [3.8, 4) is 0 Å². The molecular weight excluding hydrogens is 206 g/mol. The van der Waals surface area contributed by atoms with Crippen molar-refractivity contribution in [3.05, 3.63) is 41.5 Å². The van der Waals surface area contributed by atoms with E-state index < -0.39 is 5.60 Å². The normalized spacial score (nSPS) is 15.0. The van der Waals surface area contributed by atoms with E-state index in [1.807, 2.05) is 26.8 Å². The van der Waals surface area contributed by atoms with Crippen molar-refractivity contribution in [1.29, 1.82) is 0 Å². The third-order valence-corrected chi connectivity index (χ3v) is 2.82. The molecule has 4 heteroatoms. The molecule has 0 bridgehead atoms. The molecule has 16 heavy (non-hydrogen) atoms. The summed E-state index contributed by atoms with van der Waals surface area (Å²) >= 11 is 0. The largest absolute Gasteiger partial charge is 0.472 e. The molecule has 2 aromatic heterocycles. The minimum Gasteiger partial charge on any atom is -0.472 e. The Hall–Kier alpha value is -1.55. The van der Waals surface area contributed by atoms with Crippen molar-refractivity contribution in [2.45, 2.75) is 26.4 Å². The van der Waals surface area contributed by atoms with Crippen molar-refractivity contribution in [1.82, 2.24) is 4.98 Å². The minimum absolute atomic E-state index is 0.638. The second-order valence-corrected chi connectivity index (χ2v) is 3.90. The van der Waals surface area contributed by atoms with Gasteiger partial charge in [-0.2, -0.15) is 0 Å². The lowest BCUT2D eigenvalue weighted by molar-refractivity contribution is 0.0187. The average molecular weight is 221 g/mol. The zero-order valence-electron chi connectivity index (χ0n) is 9.90. The molecular formula is C12H15NO3. The van der Waals surface area contributed by atoms with Gasteiger partial charge in [-0.05, 0) is 19.9 Å². The van der Waals surface area contributed by atoms with E-state index in [0.29, 0.717) is 11.7 Å². The van der Waals surface area contributed by atoms with E-state index in [0.717, 1.165) is 11.3 Å². The fourth-order valence-corrected chi connectivity index (χ4v) is 1.85. The molecule has 0 aliphatic heterocycles. The number of aromatic nitrogens is 1. The Bertz CT molecular complexity index is 472. The number of hydrogen-bond acceptors (Lipinski definition) is 4. The van der Waals surface area contributed by atoms with Gasteiger partial charge in [0.05, 0.1) is 18.2 Å². The molecule has 0 amide bonds. The van der Waals surface area contributed by atoms with Crippen LogP contribution in [0.5, 0.6) is 0 Å². The highest BCUT2D eigenvalue weighted by atomic mass is 16.5. The summed E-state index contributed by atoms with van der Waals surface area (Å²) in [6.07, 6.45) is 3.27. The van der Waals surface area contributed by atoms with Crippen LogP contribution < -0.4 is 0 Å². The van der Waals surface area contributed by atoms with Gasteiger partial charge in [-0.25, -0.2) is 4.98 Å². The second kappa shape index (κ2) is 3.79. The van der Waals surface area contributed by atoms with E-state index in [1.165, 1.54) is 0 Å². The number of methoxy groups -OCH3 is 1. The molecule has 2 heterocycles. The summed E-state index contributed by atoms with van der Waals surface area (Å²) in [5, 5.41) is 0. The molecule has 0 radical (unpaired) electrons. The Morgan fingerprint density at radius 3 is 2.56 bits per heavy atom. The third kappa shape index (κ3) is 1.55. The molecule has 0 saturated carbocycles. The smallest absolute Gasteiger partial charge is 0.191 e. The van der Waals surface area contributed by atoms with Crippen molar-refractivity contribution in [2.24, 2.45) is 0 Å². The first-order valence-corrected chi connectivity index (χ1v) is 5.10. The molecule has 2 rings (SSSR count). The van der Waals surface area contributed by atoms with Crippen LogP contribution in [0.4, 0.5) is 0 Å². The van der Waals surface area contributed by atoms with Gasteiger partial charge >= 0.3 is 0 Å². The molecule has 1 atom stereocenters. The summed E-state index contributed by atoms with van der Waals surface area (Å²) in [5.41, 5.74) is 1.09. The highest BCUT2D eigenvalue weighted by Crippen LogP contribution is 2.35. The molecule has 2 aromatic rings. The van der Waals surface area contributed by atoms with Crippen molar-refractivity contribution < 1.29 is 13.6 Å². The Balaban J connectivity index is 2.54. The number of ether oxygens (including phenoxy) is 1. The Kier molecular flexibility index (Phi) is 2.59. The van der Waals surface area contributed by atoms with Gasteiger partial charge in [0.2, 0.25) is 0 Å². The highest BCUT2D eigenvalue weighted by Gasteiger charge is 2.35. The minimum atomic E-state index is -0.654. The molecule has 4 nitrogen and oxygen atoms in total. The van der Waals surface area contributed by atoms with Crippen LogP contribution in [0.3, 0.4) is 0 Å². The van der Waals surface area contributed by atoms with Crippen LogP contribution in [0.2, 0.25) is 0 Å². The van der Waals surface area contributed by atoms with Crippen LogP contribution in [0.1, 0.15) is 29.8 Å². The summed E-state index contributed by atoms with van der Waals surface area (Å²) < 4.78 is 16.3. The van der Waals surface area contributed by atoms with E-state index in [2.05, 4.69) is 4.98 Å². The number of nitrogens with zero attached hydrogens (tertiary/aromatic N) is 1. The topological polar surface area (TPSA) is 48.4 Å². The highest BCUT2D eigenvalue weighted by molar-refractivity contribution is 5.30. The van der Waals surface area contributed by atoms with E-state index in [-0.39, 0.29) is 0 Å². The lowest BCUT2D eigenvalue weighted by Crippen LogP contribution is -2.25. The van der Waals surface area contributed by atoms with Crippen molar-refractivity contribution in [2.75, 3.05) is 7.11 Å². The molecule has 0 N–H and O–H groups in total. The molecule has 0 aliphatic carbocycles. The van der Waals surface area contributed by atoms with E-state index in [1.54, 1.807) is 19.6 Å². The maximum atomic E-state index is 5.62. The Labute approximate surface area is 94.2 Å². The fourth-order valence-electron chi connectivity index (χ4n) is 1.85. The van der Waals surface area contributed by atoms with Crippen LogP contribution in [0.25, 0.3) is 0 Å². The molecule has 0 spiro atoms. The third-order valence-electron chi connectivity index (χ3n) is 2.82. The SMILES string of the molecule is COC(C)(c1ccoc1)c1oc(C)nc1C. The molecule has 1 unspecified atom stereocenters. The summed E-state index contributed by atoms with van der Waals surface area (Å²) in [4.78, 5) is 4.26. The lowest BCUT2D eigenvalue weighted by atomic mass is 9.94. The lowest BCUT2D eigenvalue weighted by Gasteiger charge is -2.24. The van der Waals surface area contributed by atoms with Gasteiger partial charge in [0.25, 0.3) is 0 Å². The quantitative estimate of drug-likeness (QED) is 0.799. The first-order valence-electron chi connectivity index (χ1n) is 5.10. The van der Waals surface area contributed by atoms with E-state index in [4.69, 9.17) is 13.6 Å². The molecule has 0 saturated heterocycles. The predicted molar refractivity (Wildman–Crippen MR) is 58.1 cm³/mol. The van der Waals surface area contributed by atoms with Crippen LogP contribution in [0, 0.1) is 13.8 Å². The van der Waals surface area contributed by atoms with Crippen LogP contribution in [-0.2, 0) is 10.3 Å². The fraction of sp³-hybridized carbons (Fsp3) is 0.417. The number of oxazole rings is 1.